The second-order valence-electron chi connectivity index (χ2n) is 5.20. The van der Waals surface area contributed by atoms with Crippen molar-refractivity contribution in [1.29, 1.82) is 0 Å². The second-order valence-corrected chi connectivity index (χ2v) is 5.20. The zero-order valence-electron chi connectivity index (χ0n) is 12.5. The Morgan fingerprint density at radius 2 is 2.26 bits per heavy atom. The third-order valence-corrected chi connectivity index (χ3v) is 3.45. The van der Waals surface area contributed by atoms with Crippen LogP contribution < -0.4 is 0 Å². The van der Waals surface area contributed by atoms with E-state index in [1.807, 2.05) is 27.0 Å². The summed E-state index contributed by atoms with van der Waals surface area (Å²) in [7, 11) is 3.70. The standard InChI is InChI=1S/C16H25NO2/c1-6-14-13(11-15(18)12(2)3)16(19-5)9-7-8-10-17(14)4/h6,9,12H,1,7-8,10-11H2,2-5H3/b14-13-,16-9?. The minimum atomic E-state index is 0.0346. The van der Waals surface area contributed by atoms with E-state index in [1.165, 1.54) is 0 Å². The summed E-state index contributed by atoms with van der Waals surface area (Å²) in [6.45, 7) is 8.71. The molecule has 0 amide bonds. The average molecular weight is 263 g/mol. The van der Waals surface area contributed by atoms with E-state index in [0.29, 0.717) is 6.42 Å². The van der Waals surface area contributed by atoms with Crippen molar-refractivity contribution in [3.05, 3.63) is 35.8 Å². The lowest BCUT2D eigenvalue weighted by atomic mass is 9.96. The van der Waals surface area contributed by atoms with Crippen LogP contribution in [0.1, 0.15) is 33.1 Å². The Morgan fingerprint density at radius 1 is 1.58 bits per heavy atom. The normalized spacial score (nSPS) is 20.7. The molecule has 19 heavy (non-hydrogen) atoms. The maximum Gasteiger partial charge on any atom is 0.140 e. The fraction of sp³-hybridized carbons (Fsp3) is 0.562. The van der Waals surface area contributed by atoms with Gasteiger partial charge in [-0.1, -0.05) is 20.4 Å². The van der Waals surface area contributed by atoms with E-state index in [1.54, 1.807) is 7.11 Å². The van der Waals surface area contributed by atoms with Gasteiger partial charge in [0.25, 0.3) is 0 Å². The topological polar surface area (TPSA) is 29.5 Å². The lowest BCUT2D eigenvalue weighted by molar-refractivity contribution is -0.121. The van der Waals surface area contributed by atoms with Crippen LogP contribution in [0.3, 0.4) is 0 Å². The van der Waals surface area contributed by atoms with Gasteiger partial charge in [-0.3, -0.25) is 4.79 Å². The Kier molecular flexibility index (Phi) is 5.87. The Hall–Kier alpha value is -1.51. The molecule has 0 aromatic heterocycles. The molecule has 1 aliphatic rings. The Bertz CT molecular complexity index is 405. The van der Waals surface area contributed by atoms with Gasteiger partial charge in [0.15, 0.2) is 0 Å². The van der Waals surface area contributed by atoms with E-state index < -0.39 is 0 Å². The summed E-state index contributed by atoms with van der Waals surface area (Å²) in [6.07, 6.45) is 6.35. The van der Waals surface area contributed by atoms with Crippen molar-refractivity contribution < 1.29 is 9.53 Å². The molecule has 0 aromatic carbocycles. The van der Waals surface area contributed by atoms with Crippen molar-refractivity contribution in [2.45, 2.75) is 33.1 Å². The molecule has 1 rings (SSSR count). The number of rotatable bonds is 5. The quantitative estimate of drug-likeness (QED) is 0.762. The molecule has 3 heteroatoms. The summed E-state index contributed by atoms with van der Waals surface area (Å²) in [5.41, 5.74) is 1.96. The molecule has 0 bridgehead atoms. The second kappa shape index (κ2) is 7.17. The van der Waals surface area contributed by atoms with Crippen LogP contribution in [0.4, 0.5) is 0 Å². The summed E-state index contributed by atoms with van der Waals surface area (Å²) in [5.74, 6) is 1.08. The number of carbonyl (C=O) groups excluding carboxylic acids is 1. The molecule has 0 aliphatic carbocycles. The maximum absolute atomic E-state index is 12.1. The van der Waals surface area contributed by atoms with E-state index in [4.69, 9.17) is 4.74 Å². The highest BCUT2D eigenvalue weighted by Crippen LogP contribution is 2.26. The molecule has 1 heterocycles. The molecule has 0 spiro atoms. The number of carbonyl (C=O) groups is 1. The third-order valence-electron chi connectivity index (χ3n) is 3.45. The molecule has 1 aliphatic heterocycles. The molecule has 0 radical (unpaired) electrons. The summed E-state index contributed by atoms with van der Waals surface area (Å²) in [4.78, 5) is 14.2. The van der Waals surface area contributed by atoms with Crippen LogP contribution in [0.15, 0.2) is 35.8 Å². The lowest BCUT2D eigenvalue weighted by Gasteiger charge is -2.26. The first kappa shape index (κ1) is 15.5. The van der Waals surface area contributed by atoms with Crippen LogP contribution in [0.5, 0.6) is 0 Å². The van der Waals surface area contributed by atoms with Gasteiger partial charge in [0.2, 0.25) is 0 Å². The molecule has 0 saturated carbocycles. The van der Waals surface area contributed by atoms with Crippen LogP contribution in [-0.4, -0.2) is 31.4 Å². The predicted octanol–water partition coefficient (Wildman–Crippen LogP) is 3.30. The van der Waals surface area contributed by atoms with Crippen LogP contribution in [0.2, 0.25) is 0 Å². The van der Waals surface area contributed by atoms with Crippen molar-refractivity contribution in [3.63, 3.8) is 0 Å². The average Bonchev–Trinajstić information content (AvgIpc) is 2.36. The number of hydrogen-bond acceptors (Lipinski definition) is 3. The number of hydrogen-bond donors (Lipinski definition) is 0. The Balaban J connectivity index is 3.20. The number of allylic oxidation sites excluding steroid dienone is 3. The summed E-state index contributed by atoms with van der Waals surface area (Å²) < 4.78 is 5.48. The predicted molar refractivity (Wildman–Crippen MR) is 78.6 cm³/mol. The molecular weight excluding hydrogens is 238 g/mol. The van der Waals surface area contributed by atoms with Gasteiger partial charge in [0.05, 0.1) is 7.11 Å². The third kappa shape index (κ3) is 3.98. The van der Waals surface area contributed by atoms with Crippen LogP contribution in [0.25, 0.3) is 0 Å². The molecule has 0 saturated heterocycles. The summed E-state index contributed by atoms with van der Waals surface area (Å²) >= 11 is 0. The van der Waals surface area contributed by atoms with Gasteiger partial charge in [-0.25, -0.2) is 0 Å². The van der Waals surface area contributed by atoms with Crippen molar-refractivity contribution in [3.8, 4) is 0 Å². The molecule has 0 atom stereocenters. The zero-order chi connectivity index (χ0) is 14.4. The van der Waals surface area contributed by atoms with Gasteiger partial charge in [0.1, 0.15) is 11.5 Å². The van der Waals surface area contributed by atoms with E-state index in [0.717, 1.165) is 36.4 Å². The van der Waals surface area contributed by atoms with Crippen molar-refractivity contribution in [2.75, 3.05) is 20.7 Å². The summed E-state index contributed by atoms with van der Waals surface area (Å²) in [5, 5.41) is 0. The number of methoxy groups -OCH3 is 1. The van der Waals surface area contributed by atoms with Gasteiger partial charge < -0.3 is 9.64 Å². The van der Waals surface area contributed by atoms with Crippen molar-refractivity contribution >= 4 is 5.78 Å². The van der Waals surface area contributed by atoms with Gasteiger partial charge in [-0.05, 0) is 25.0 Å². The van der Waals surface area contributed by atoms with Gasteiger partial charge >= 0.3 is 0 Å². The van der Waals surface area contributed by atoms with Crippen molar-refractivity contribution in [2.24, 2.45) is 5.92 Å². The number of ketones is 1. The number of ether oxygens (including phenoxy) is 1. The fourth-order valence-corrected chi connectivity index (χ4v) is 2.20. The Labute approximate surface area is 116 Å². The number of Topliss-reactive ketones (excluding diaryl/α,β-unsaturated/α-hetero) is 1. The highest BCUT2D eigenvalue weighted by atomic mass is 16.5. The lowest BCUT2D eigenvalue weighted by Crippen LogP contribution is -2.23. The first-order valence-electron chi connectivity index (χ1n) is 6.85. The molecule has 0 fully saturated rings. The minimum Gasteiger partial charge on any atom is -0.497 e. The molecule has 0 aromatic rings. The monoisotopic (exact) mass is 263 g/mol. The fourth-order valence-electron chi connectivity index (χ4n) is 2.20. The van der Waals surface area contributed by atoms with E-state index in [2.05, 4.69) is 17.6 Å². The molecule has 0 N–H and O–H groups in total. The largest absolute Gasteiger partial charge is 0.497 e. The molecular formula is C16H25NO2. The van der Waals surface area contributed by atoms with E-state index >= 15 is 0 Å². The first-order chi connectivity index (χ1) is 9.01. The van der Waals surface area contributed by atoms with Gasteiger partial charge in [-0.15, -0.1) is 0 Å². The summed E-state index contributed by atoms with van der Waals surface area (Å²) in [6, 6.07) is 0. The first-order valence-corrected chi connectivity index (χ1v) is 6.85. The number of nitrogens with zero attached hydrogens (tertiary/aromatic N) is 1. The highest BCUT2D eigenvalue weighted by molar-refractivity contribution is 5.83. The van der Waals surface area contributed by atoms with Gasteiger partial charge in [-0.2, -0.15) is 0 Å². The molecule has 106 valence electrons. The van der Waals surface area contributed by atoms with Crippen molar-refractivity contribution in [1.82, 2.24) is 4.90 Å². The number of likely N-dealkylation sites (N-methyl/N-ethyl adjacent to an activating group) is 1. The smallest absolute Gasteiger partial charge is 0.140 e. The molecule has 0 unspecified atom stereocenters. The van der Waals surface area contributed by atoms with Crippen LogP contribution in [0, 0.1) is 5.92 Å². The highest BCUT2D eigenvalue weighted by Gasteiger charge is 2.20. The SMILES string of the molecule is C=C/C1=C(\CC(=O)C(C)C)C(OC)=CCCCN1C. The Morgan fingerprint density at radius 3 is 2.79 bits per heavy atom. The van der Waals surface area contributed by atoms with Crippen LogP contribution >= 0.6 is 0 Å². The zero-order valence-corrected chi connectivity index (χ0v) is 12.5. The van der Waals surface area contributed by atoms with Crippen LogP contribution in [-0.2, 0) is 9.53 Å². The molecule has 3 nitrogen and oxygen atoms in total. The van der Waals surface area contributed by atoms with E-state index in [-0.39, 0.29) is 11.7 Å². The van der Waals surface area contributed by atoms with E-state index in [9.17, 15) is 4.79 Å². The minimum absolute atomic E-state index is 0.0346. The maximum atomic E-state index is 12.1. The van der Waals surface area contributed by atoms with Gasteiger partial charge in [0, 0.05) is 37.2 Å².